The molecule has 116 valence electrons. The van der Waals surface area contributed by atoms with Crippen molar-refractivity contribution in [2.75, 3.05) is 5.32 Å². The molecule has 5 nitrogen and oxygen atoms in total. The lowest BCUT2D eigenvalue weighted by Gasteiger charge is -2.14. The van der Waals surface area contributed by atoms with Crippen molar-refractivity contribution in [1.82, 2.24) is 0 Å². The molecule has 0 aliphatic heterocycles. The van der Waals surface area contributed by atoms with E-state index in [1.165, 1.54) is 18.2 Å². The number of benzene rings is 1. The van der Waals surface area contributed by atoms with E-state index < -0.39 is 5.97 Å². The van der Waals surface area contributed by atoms with E-state index in [0.29, 0.717) is 5.69 Å². The highest BCUT2D eigenvalue weighted by Gasteiger charge is 2.15. The minimum absolute atomic E-state index is 0.0861. The van der Waals surface area contributed by atoms with Gasteiger partial charge in [0.15, 0.2) is 0 Å². The van der Waals surface area contributed by atoms with Crippen LogP contribution in [0.3, 0.4) is 0 Å². The minimum atomic E-state index is -1.06. The maximum absolute atomic E-state index is 12.0. The van der Waals surface area contributed by atoms with Crippen molar-refractivity contribution >= 4 is 29.2 Å². The van der Waals surface area contributed by atoms with E-state index in [-0.39, 0.29) is 28.5 Å². The summed E-state index contributed by atoms with van der Waals surface area (Å²) < 4.78 is 0. The first-order valence-corrected chi connectivity index (χ1v) is 7.28. The van der Waals surface area contributed by atoms with E-state index in [1.807, 2.05) is 13.8 Å². The molecule has 0 saturated carbocycles. The molecule has 0 spiro atoms. The van der Waals surface area contributed by atoms with E-state index in [0.717, 1.165) is 19.3 Å². The Labute approximate surface area is 129 Å². The van der Waals surface area contributed by atoms with E-state index in [1.54, 1.807) is 0 Å². The molecule has 2 unspecified atom stereocenters. The zero-order valence-electron chi connectivity index (χ0n) is 12.2. The quantitative estimate of drug-likeness (QED) is 0.721. The summed E-state index contributed by atoms with van der Waals surface area (Å²) >= 11 is 5.97. The molecule has 0 aliphatic rings. The second-order valence-electron chi connectivity index (χ2n) is 5.30. The fraction of sp³-hybridized carbons (Fsp3) is 0.467. The predicted octanol–water partition coefficient (Wildman–Crippen LogP) is 3.13. The van der Waals surface area contributed by atoms with Crippen LogP contribution in [0.25, 0.3) is 0 Å². The number of carbonyl (C=O) groups excluding carboxylic acids is 1. The number of hydrogen-bond acceptors (Lipinski definition) is 3. The first-order chi connectivity index (χ1) is 9.81. The number of rotatable bonds is 7. The molecule has 0 fully saturated rings. The Kier molecular flexibility index (Phi) is 6.65. The standard InChI is InChI=1S/C15H21ClN2O3/c1-9(4-3-5-10(2)17)14(19)18-13-7-6-11(15(20)21)8-12(13)16/h6-10H,3-5,17H2,1-2H3,(H,18,19)(H,20,21). The number of nitrogens with two attached hydrogens (primary N) is 1. The van der Waals surface area contributed by atoms with Crippen LogP contribution in [-0.2, 0) is 4.79 Å². The average molecular weight is 313 g/mol. The summed E-state index contributed by atoms with van der Waals surface area (Å²) in [6.07, 6.45) is 2.52. The lowest BCUT2D eigenvalue weighted by atomic mass is 10.0. The highest BCUT2D eigenvalue weighted by atomic mass is 35.5. The molecule has 0 heterocycles. The van der Waals surface area contributed by atoms with Gasteiger partial charge in [-0.15, -0.1) is 0 Å². The molecule has 1 rings (SSSR count). The highest BCUT2D eigenvalue weighted by molar-refractivity contribution is 6.34. The summed E-state index contributed by atoms with van der Waals surface area (Å²) in [6.45, 7) is 3.78. The second kappa shape index (κ2) is 8.00. The molecule has 0 radical (unpaired) electrons. The molecular weight excluding hydrogens is 292 g/mol. The SMILES string of the molecule is CC(N)CCCC(C)C(=O)Nc1ccc(C(=O)O)cc1Cl. The van der Waals surface area contributed by atoms with Gasteiger partial charge in [0.1, 0.15) is 0 Å². The smallest absolute Gasteiger partial charge is 0.335 e. The Balaban J connectivity index is 2.60. The van der Waals surface area contributed by atoms with Gasteiger partial charge in [-0.3, -0.25) is 4.79 Å². The number of carbonyl (C=O) groups is 2. The van der Waals surface area contributed by atoms with Crippen LogP contribution in [0.15, 0.2) is 18.2 Å². The van der Waals surface area contributed by atoms with Gasteiger partial charge in [0.05, 0.1) is 16.3 Å². The zero-order valence-corrected chi connectivity index (χ0v) is 13.0. The number of halogens is 1. The molecule has 0 aromatic heterocycles. The summed E-state index contributed by atoms with van der Waals surface area (Å²) in [7, 11) is 0. The van der Waals surface area contributed by atoms with Crippen molar-refractivity contribution < 1.29 is 14.7 Å². The van der Waals surface area contributed by atoms with Gasteiger partial charge in [-0.2, -0.15) is 0 Å². The molecule has 4 N–H and O–H groups in total. The monoisotopic (exact) mass is 312 g/mol. The number of anilines is 1. The van der Waals surface area contributed by atoms with Gasteiger partial charge in [0.2, 0.25) is 5.91 Å². The summed E-state index contributed by atoms with van der Waals surface area (Å²) in [5, 5.41) is 11.8. The van der Waals surface area contributed by atoms with Crippen molar-refractivity contribution in [2.45, 2.75) is 39.2 Å². The summed E-state index contributed by atoms with van der Waals surface area (Å²) in [4.78, 5) is 22.9. The molecule has 1 aromatic carbocycles. The molecule has 1 aromatic rings. The van der Waals surface area contributed by atoms with Crippen LogP contribution >= 0.6 is 11.6 Å². The maximum atomic E-state index is 12.0. The van der Waals surface area contributed by atoms with Gasteiger partial charge >= 0.3 is 5.97 Å². The van der Waals surface area contributed by atoms with Crippen LogP contribution in [0.4, 0.5) is 5.69 Å². The third kappa shape index (κ3) is 5.73. The van der Waals surface area contributed by atoms with Crippen molar-refractivity contribution in [2.24, 2.45) is 11.7 Å². The van der Waals surface area contributed by atoms with Crippen molar-refractivity contribution in [3.63, 3.8) is 0 Å². The number of carboxylic acid groups (broad SMARTS) is 1. The van der Waals surface area contributed by atoms with Crippen LogP contribution < -0.4 is 11.1 Å². The minimum Gasteiger partial charge on any atom is -0.478 e. The number of amides is 1. The summed E-state index contributed by atoms with van der Waals surface area (Å²) in [5.41, 5.74) is 6.18. The molecule has 0 saturated heterocycles. The summed E-state index contributed by atoms with van der Waals surface area (Å²) in [5.74, 6) is -1.34. The van der Waals surface area contributed by atoms with E-state index in [2.05, 4.69) is 5.32 Å². The molecule has 21 heavy (non-hydrogen) atoms. The van der Waals surface area contributed by atoms with Crippen molar-refractivity contribution in [1.29, 1.82) is 0 Å². The van der Waals surface area contributed by atoms with Gasteiger partial charge < -0.3 is 16.2 Å². The molecule has 6 heteroatoms. The Hall–Kier alpha value is -1.59. The van der Waals surface area contributed by atoms with Gasteiger partial charge in [-0.25, -0.2) is 4.79 Å². The molecule has 0 bridgehead atoms. The van der Waals surface area contributed by atoms with Crippen LogP contribution in [-0.4, -0.2) is 23.0 Å². The molecule has 1 amide bonds. The maximum Gasteiger partial charge on any atom is 0.335 e. The van der Waals surface area contributed by atoms with Crippen molar-refractivity contribution in [3.05, 3.63) is 28.8 Å². The van der Waals surface area contributed by atoms with Crippen LogP contribution in [0.1, 0.15) is 43.5 Å². The van der Waals surface area contributed by atoms with Gasteiger partial charge in [-0.1, -0.05) is 24.9 Å². The van der Waals surface area contributed by atoms with Crippen LogP contribution in [0.5, 0.6) is 0 Å². The first kappa shape index (κ1) is 17.5. The molecule has 0 aliphatic carbocycles. The lowest BCUT2D eigenvalue weighted by molar-refractivity contribution is -0.119. The van der Waals surface area contributed by atoms with Crippen molar-refractivity contribution in [3.8, 4) is 0 Å². The molecule has 2 atom stereocenters. The van der Waals surface area contributed by atoms with Gasteiger partial charge in [-0.05, 0) is 38.0 Å². The van der Waals surface area contributed by atoms with Gasteiger partial charge in [0.25, 0.3) is 0 Å². The van der Waals surface area contributed by atoms with E-state index in [9.17, 15) is 9.59 Å². The Morgan fingerprint density at radius 1 is 1.33 bits per heavy atom. The Morgan fingerprint density at radius 2 is 2.00 bits per heavy atom. The number of aromatic carboxylic acids is 1. The largest absolute Gasteiger partial charge is 0.478 e. The van der Waals surface area contributed by atoms with Crippen LogP contribution in [0, 0.1) is 5.92 Å². The second-order valence-corrected chi connectivity index (χ2v) is 5.71. The normalized spacial score (nSPS) is 13.5. The fourth-order valence-electron chi connectivity index (χ4n) is 1.88. The van der Waals surface area contributed by atoms with Gasteiger partial charge in [0, 0.05) is 12.0 Å². The van der Waals surface area contributed by atoms with E-state index >= 15 is 0 Å². The number of hydrogen-bond donors (Lipinski definition) is 3. The highest BCUT2D eigenvalue weighted by Crippen LogP contribution is 2.24. The lowest BCUT2D eigenvalue weighted by Crippen LogP contribution is -2.21. The Bertz CT molecular complexity index is 518. The fourth-order valence-corrected chi connectivity index (χ4v) is 2.11. The number of nitrogens with one attached hydrogen (secondary N) is 1. The van der Waals surface area contributed by atoms with Crippen LogP contribution in [0.2, 0.25) is 5.02 Å². The summed E-state index contributed by atoms with van der Waals surface area (Å²) in [6, 6.07) is 4.36. The topological polar surface area (TPSA) is 92.4 Å². The van der Waals surface area contributed by atoms with E-state index in [4.69, 9.17) is 22.4 Å². The third-order valence-electron chi connectivity index (χ3n) is 3.22. The Morgan fingerprint density at radius 3 is 2.52 bits per heavy atom. The average Bonchev–Trinajstić information content (AvgIpc) is 2.40. The predicted molar refractivity (Wildman–Crippen MR) is 83.7 cm³/mol. The number of carboxylic acids is 1. The first-order valence-electron chi connectivity index (χ1n) is 6.90. The molecular formula is C15H21ClN2O3. The third-order valence-corrected chi connectivity index (χ3v) is 3.53. The zero-order chi connectivity index (χ0) is 16.0.